The molecule has 3 aromatic heterocycles. The number of pyridine rings is 2. The number of nitrogens with two attached hydrogens (primary N) is 1. The number of allylic oxidation sites excluding steroid dienone is 1. The monoisotopic (exact) mass is 352 g/mol. The van der Waals surface area contributed by atoms with Crippen LogP contribution in [0.25, 0.3) is 15.9 Å². The van der Waals surface area contributed by atoms with Crippen molar-refractivity contribution in [1.29, 1.82) is 0 Å². The van der Waals surface area contributed by atoms with E-state index >= 15 is 0 Å². The van der Waals surface area contributed by atoms with Crippen molar-refractivity contribution in [2.45, 2.75) is 20.4 Å². The summed E-state index contributed by atoms with van der Waals surface area (Å²) in [7, 11) is 0. The summed E-state index contributed by atoms with van der Waals surface area (Å²) in [4.78, 5) is 9.89. The Hall–Kier alpha value is -2.93. The molecular weight excluding hydrogens is 332 g/mol. The van der Waals surface area contributed by atoms with Crippen molar-refractivity contribution < 1.29 is 0 Å². The third-order valence-corrected chi connectivity index (χ3v) is 5.01. The molecule has 0 fully saturated rings. The van der Waals surface area contributed by atoms with Gasteiger partial charge in [0.1, 0.15) is 5.82 Å². The van der Waals surface area contributed by atoms with Gasteiger partial charge in [-0.1, -0.05) is 12.1 Å². The number of hydrogen-bond donors (Lipinski definition) is 3. The first-order valence-electron chi connectivity index (χ1n) is 7.85. The van der Waals surface area contributed by atoms with Crippen LogP contribution in [0, 0.1) is 6.92 Å². The summed E-state index contributed by atoms with van der Waals surface area (Å²) in [5.74, 6) is 0.480. The van der Waals surface area contributed by atoms with Crippen LogP contribution in [0.4, 0.5) is 11.5 Å². The first-order valence-corrected chi connectivity index (χ1v) is 8.67. The van der Waals surface area contributed by atoms with Gasteiger partial charge in [-0.05, 0) is 31.5 Å². The Morgan fingerprint density at radius 3 is 3.00 bits per heavy atom. The molecule has 128 valence electrons. The summed E-state index contributed by atoms with van der Waals surface area (Å²) >= 11 is 1.63. The fourth-order valence-electron chi connectivity index (χ4n) is 2.54. The van der Waals surface area contributed by atoms with Gasteiger partial charge in [0.25, 0.3) is 0 Å². The number of hydrazone groups is 1. The topological polar surface area (TPSA) is 88.2 Å². The maximum absolute atomic E-state index is 5.98. The van der Waals surface area contributed by atoms with Gasteiger partial charge in [-0.25, -0.2) is 4.98 Å². The van der Waals surface area contributed by atoms with Crippen molar-refractivity contribution >= 4 is 45.5 Å². The first kappa shape index (κ1) is 16.9. The minimum atomic E-state index is 0.480. The summed E-state index contributed by atoms with van der Waals surface area (Å²) in [6.07, 6.45) is 3.75. The molecule has 3 rings (SSSR count). The van der Waals surface area contributed by atoms with Gasteiger partial charge >= 0.3 is 0 Å². The van der Waals surface area contributed by atoms with Crippen molar-refractivity contribution in [2.75, 3.05) is 11.1 Å². The predicted molar refractivity (Wildman–Crippen MR) is 107 cm³/mol. The van der Waals surface area contributed by atoms with E-state index in [4.69, 9.17) is 5.73 Å². The number of nitrogen functional groups attached to an aromatic ring is 1. The minimum Gasteiger partial charge on any atom is -0.384 e. The van der Waals surface area contributed by atoms with E-state index in [-0.39, 0.29) is 0 Å². The molecule has 0 aliphatic rings. The lowest BCUT2D eigenvalue weighted by Gasteiger charge is -2.09. The molecule has 0 amide bonds. The molecule has 7 heteroatoms. The maximum Gasteiger partial charge on any atom is 0.126 e. The number of thiophene rings is 1. The highest BCUT2D eigenvalue weighted by molar-refractivity contribution is 7.20. The van der Waals surface area contributed by atoms with E-state index in [1.807, 2.05) is 31.2 Å². The van der Waals surface area contributed by atoms with Crippen LogP contribution < -0.4 is 16.5 Å². The number of hydrogen-bond acceptors (Lipinski definition) is 7. The summed E-state index contributed by atoms with van der Waals surface area (Å²) in [6, 6.07) is 7.85. The van der Waals surface area contributed by atoms with Crippen molar-refractivity contribution in [2.24, 2.45) is 5.10 Å². The molecule has 0 aliphatic heterocycles. The second-order valence-corrected chi connectivity index (χ2v) is 6.56. The van der Waals surface area contributed by atoms with Crippen LogP contribution in [0.1, 0.15) is 23.1 Å². The van der Waals surface area contributed by atoms with Crippen LogP contribution in [0.3, 0.4) is 0 Å². The highest BCUT2D eigenvalue weighted by atomic mass is 32.1. The van der Waals surface area contributed by atoms with Crippen molar-refractivity contribution in [3.8, 4) is 0 Å². The van der Waals surface area contributed by atoms with E-state index in [2.05, 4.69) is 45.5 Å². The fraction of sp³-hybridized carbons (Fsp3) is 0.167. The highest BCUT2D eigenvalue weighted by Gasteiger charge is 2.12. The lowest BCUT2D eigenvalue weighted by molar-refractivity contribution is 1.01. The molecule has 3 aromatic rings. The molecule has 0 saturated carbocycles. The molecule has 0 spiro atoms. The molecule has 0 atom stereocenters. The summed E-state index contributed by atoms with van der Waals surface area (Å²) in [6.45, 7) is 8.10. The van der Waals surface area contributed by atoms with E-state index in [1.54, 1.807) is 17.5 Å². The van der Waals surface area contributed by atoms with Gasteiger partial charge in [-0.2, -0.15) is 5.10 Å². The summed E-state index contributed by atoms with van der Waals surface area (Å²) in [5, 5.41) is 7.19. The van der Waals surface area contributed by atoms with Crippen LogP contribution in [0.5, 0.6) is 0 Å². The van der Waals surface area contributed by atoms with E-state index < -0.39 is 0 Å². The molecular formula is C18H20N6S. The van der Waals surface area contributed by atoms with Crippen molar-refractivity contribution in [1.82, 2.24) is 15.4 Å². The Kier molecular flexibility index (Phi) is 4.95. The third kappa shape index (κ3) is 3.61. The smallest absolute Gasteiger partial charge is 0.126 e. The average Bonchev–Trinajstić information content (AvgIpc) is 3.02. The number of nitrogens with zero attached hydrogens (tertiary/aromatic N) is 3. The number of anilines is 2. The zero-order valence-electron chi connectivity index (χ0n) is 14.2. The van der Waals surface area contributed by atoms with Crippen LogP contribution in [-0.2, 0) is 6.54 Å². The number of rotatable bonds is 6. The molecule has 0 aromatic carbocycles. The second kappa shape index (κ2) is 7.31. The lowest BCUT2D eigenvalue weighted by Crippen LogP contribution is -2.04. The number of aryl methyl sites for hydroxylation is 1. The molecule has 0 unspecified atom stereocenters. The van der Waals surface area contributed by atoms with Crippen LogP contribution >= 0.6 is 11.3 Å². The summed E-state index contributed by atoms with van der Waals surface area (Å²) in [5.41, 5.74) is 13.7. The third-order valence-electron chi connectivity index (χ3n) is 3.82. The summed E-state index contributed by atoms with van der Waals surface area (Å²) < 4.78 is 1.04. The van der Waals surface area contributed by atoms with Crippen molar-refractivity contribution in [3.05, 3.63) is 52.7 Å². The largest absolute Gasteiger partial charge is 0.384 e. The van der Waals surface area contributed by atoms with Crippen molar-refractivity contribution in [3.63, 3.8) is 0 Å². The minimum absolute atomic E-state index is 0.480. The Labute approximate surface area is 150 Å². The average molecular weight is 352 g/mol. The van der Waals surface area contributed by atoms with E-state index in [9.17, 15) is 0 Å². The molecule has 0 aliphatic carbocycles. The molecule has 0 radical (unpaired) electrons. The van der Waals surface area contributed by atoms with Gasteiger partial charge < -0.3 is 11.1 Å². The quantitative estimate of drug-likeness (QED) is 0.464. The molecule has 25 heavy (non-hydrogen) atoms. The lowest BCUT2D eigenvalue weighted by atomic mass is 10.2. The van der Waals surface area contributed by atoms with Crippen LogP contribution in [-0.4, -0.2) is 16.7 Å². The van der Waals surface area contributed by atoms with Gasteiger partial charge in [-0.15, -0.1) is 11.3 Å². The van der Waals surface area contributed by atoms with Gasteiger partial charge in [0.05, 0.1) is 38.7 Å². The van der Waals surface area contributed by atoms with Gasteiger partial charge in [0, 0.05) is 19.0 Å². The van der Waals surface area contributed by atoms with Gasteiger partial charge in [0.2, 0.25) is 0 Å². The molecule has 0 saturated heterocycles. The van der Waals surface area contributed by atoms with Crippen LogP contribution in [0.2, 0.25) is 0 Å². The predicted octanol–water partition coefficient (Wildman–Crippen LogP) is 3.76. The molecule has 0 bridgehead atoms. The highest BCUT2D eigenvalue weighted by Crippen LogP contribution is 2.35. The molecule has 4 N–H and O–H groups in total. The standard InChI is InChI=1S/C18H20N6S/c1-4-12(24-20-3)16-8-14-18(25-16)13(9-17(19)23-14)22-10-15-11(2)6-5-7-21-15/h4-9,24H,3,10H2,1-2H3,(H3,19,22,23)/b12-4-. The molecule has 6 nitrogen and oxygen atoms in total. The first-order chi connectivity index (χ1) is 12.1. The Morgan fingerprint density at radius 1 is 1.44 bits per heavy atom. The zero-order valence-corrected chi connectivity index (χ0v) is 15.0. The van der Waals surface area contributed by atoms with E-state index in [0.29, 0.717) is 12.4 Å². The number of nitrogens with one attached hydrogen (secondary N) is 2. The van der Waals surface area contributed by atoms with Crippen LogP contribution in [0.15, 0.2) is 41.6 Å². The Balaban J connectivity index is 1.96. The number of aromatic nitrogens is 2. The van der Waals surface area contributed by atoms with Gasteiger partial charge in [0.15, 0.2) is 0 Å². The molecule has 3 heterocycles. The second-order valence-electron chi connectivity index (χ2n) is 5.51. The van der Waals surface area contributed by atoms with E-state index in [0.717, 1.165) is 37.7 Å². The Bertz CT molecular complexity index is 944. The SMILES string of the molecule is C=NN/C(=C\C)c1cc2nc(N)cc(NCc3ncccc3C)c2s1. The normalized spacial score (nSPS) is 11.5. The zero-order chi connectivity index (χ0) is 17.8. The fourth-order valence-corrected chi connectivity index (χ4v) is 3.65. The number of fused-ring (bicyclic) bond motifs is 1. The maximum atomic E-state index is 5.98. The van der Waals surface area contributed by atoms with E-state index in [1.165, 1.54) is 0 Å². The Morgan fingerprint density at radius 2 is 2.28 bits per heavy atom. The van der Waals surface area contributed by atoms with Gasteiger partial charge in [-0.3, -0.25) is 10.4 Å².